The van der Waals surface area contributed by atoms with Crippen LogP contribution in [0.4, 0.5) is 0 Å². The predicted molar refractivity (Wildman–Crippen MR) is 112 cm³/mol. The summed E-state index contributed by atoms with van der Waals surface area (Å²) in [5.41, 5.74) is 0. The molecule has 0 aliphatic rings. The van der Waals surface area contributed by atoms with Gasteiger partial charge < -0.3 is 5.11 Å². The Morgan fingerprint density at radius 1 is 0.731 bits per heavy atom. The first-order chi connectivity index (χ1) is 14.2. The molecule has 0 aliphatic carbocycles. The quantitative estimate of drug-likeness (QED) is 0.605. The normalized spacial score (nSPS) is 14.6. The van der Waals surface area contributed by atoms with E-state index in [-0.39, 0.29) is 6.42 Å². The molecule has 0 amide bonds. The lowest BCUT2D eigenvalue weighted by Gasteiger charge is -2.27. The number of carbonyl (C=O) groups is 1. The lowest BCUT2D eigenvalue weighted by molar-refractivity contribution is -0.137. The minimum absolute atomic E-state index is 0.223. The predicted octanol–water partition coefficient (Wildman–Crippen LogP) is 4.24. The average Bonchev–Trinajstić information content (AvgIpc) is 2.75. The van der Waals surface area contributed by atoms with Crippen molar-refractivity contribution in [3.05, 3.63) is 91.0 Å². The minimum atomic E-state index is -2.90. The molecule has 3 heteroatoms. The Morgan fingerprint density at radius 2 is 1.12 bits per heavy atom. The lowest BCUT2D eigenvalue weighted by atomic mass is 10.2. The maximum atomic E-state index is 11.3. The van der Waals surface area contributed by atoms with Gasteiger partial charge in [0.1, 0.15) is 23.2 Å². The van der Waals surface area contributed by atoms with E-state index < -0.39 is 32.1 Å². The Morgan fingerprint density at radius 3 is 1.46 bits per heavy atom. The van der Waals surface area contributed by atoms with Crippen LogP contribution < -0.4 is 15.9 Å². The zero-order valence-corrected chi connectivity index (χ0v) is 15.3. The largest absolute Gasteiger partial charge is 0.481 e. The fourth-order valence-corrected chi connectivity index (χ4v) is 6.82. The molecule has 132 valence electrons. The molecule has 3 aromatic rings. The Bertz CT molecular complexity index is 883. The zero-order chi connectivity index (χ0) is 21.8. The summed E-state index contributed by atoms with van der Waals surface area (Å²) in [5, 5.41) is 11.7. The molecule has 26 heavy (non-hydrogen) atoms. The summed E-state index contributed by atoms with van der Waals surface area (Å²) < 4.78 is 34.0. The number of hydrogen-bond acceptors (Lipinski definition) is 1. The van der Waals surface area contributed by atoms with Gasteiger partial charge >= 0.3 is 5.97 Å². The van der Waals surface area contributed by atoms with Crippen LogP contribution >= 0.6 is 7.26 Å². The molecule has 0 spiro atoms. The first-order valence-electron chi connectivity index (χ1n) is 10.5. The standard InChI is InChI=1S/C23H23O2P/c24-23(25)18-10-11-19-26(20-12-4-1-5-13-20,21-14-6-2-7-15-21)22-16-8-3-9-17-22/h1-9,12-17H,10-11,18-19H2/p+1/i18D2,19D2. The Labute approximate surface area is 161 Å². The molecule has 0 saturated carbocycles. The van der Waals surface area contributed by atoms with Crippen LogP contribution in [-0.2, 0) is 4.79 Å². The van der Waals surface area contributed by atoms with Gasteiger partial charge in [-0.2, -0.15) is 0 Å². The molecular weight excluding hydrogens is 339 g/mol. The van der Waals surface area contributed by atoms with Crippen LogP contribution in [0.2, 0.25) is 0 Å². The third-order valence-electron chi connectivity index (χ3n) is 4.18. The van der Waals surface area contributed by atoms with Crippen molar-refractivity contribution in [2.75, 3.05) is 6.11 Å². The monoisotopic (exact) mass is 367 g/mol. The van der Waals surface area contributed by atoms with E-state index in [1.807, 2.05) is 91.0 Å². The molecule has 0 fully saturated rings. The van der Waals surface area contributed by atoms with Crippen molar-refractivity contribution in [2.45, 2.75) is 19.2 Å². The number of carboxylic acids is 1. The van der Waals surface area contributed by atoms with E-state index in [0.29, 0.717) is 0 Å². The zero-order valence-electron chi connectivity index (χ0n) is 18.4. The first-order valence-corrected chi connectivity index (χ1v) is 10.3. The molecule has 1 N–H and O–H groups in total. The van der Waals surface area contributed by atoms with E-state index in [1.54, 1.807) is 0 Å². The first kappa shape index (κ1) is 13.7. The highest BCUT2D eigenvalue weighted by atomic mass is 31.2. The molecule has 0 heterocycles. The molecule has 0 unspecified atom stereocenters. The summed E-state index contributed by atoms with van der Waals surface area (Å²) in [4.78, 5) is 11.3. The fourth-order valence-electron chi connectivity index (χ4n) is 3.07. The van der Waals surface area contributed by atoms with E-state index >= 15 is 0 Å². The molecule has 2 nitrogen and oxygen atoms in total. The van der Waals surface area contributed by atoms with Gasteiger partial charge in [-0.3, -0.25) is 4.79 Å². The third-order valence-corrected chi connectivity index (χ3v) is 8.10. The van der Waals surface area contributed by atoms with Crippen molar-refractivity contribution in [2.24, 2.45) is 0 Å². The van der Waals surface area contributed by atoms with Crippen molar-refractivity contribution >= 4 is 29.1 Å². The van der Waals surface area contributed by atoms with Gasteiger partial charge in [-0.15, -0.1) is 0 Å². The molecule has 0 saturated heterocycles. The van der Waals surface area contributed by atoms with Crippen LogP contribution in [0.5, 0.6) is 0 Å². The summed E-state index contributed by atoms with van der Waals surface area (Å²) >= 11 is 0. The molecule has 3 aromatic carbocycles. The number of rotatable bonds is 8. The maximum absolute atomic E-state index is 11.3. The second-order valence-corrected chi connectivity index (χ2v) is 9.02. The molecule has 0 radical (unpaired) electrons. The highest BCUT2D eigenvalue weighted by Crippen LogP contribution is 2.55. The van der Waals surface area contributed by atoms with Crippen LogP contribution in [-0.4, -0.2) is 17.2 Å². The average molecular weight is 367 g/mol. The second kappa shape index (κ2) is 8.78. The summed E-state index contributed by atoms with van der Waals surface area (Å²) in [5.74, 6) is -1.57. The number of aliphatic carboxylic acids is 1. The van der Waals surface area contributed by atoms with Crippen molar-refractivity contribution < 1.29 is 15.4 Å². The maximum Gasteiger partial charge on any atom is 0.303 e. The van der Waals surface area contributed by atoms with Gasteiger partial charge in [-0.25, -0.2) is 0 Å². The molecule has 3 rings (SSSR count). The van der Waals surface area contributed by atoms with Gasteiger partial charge in [0.2, 0.25) is 0 Å². The van der Waals surface area contributed by atoms with E-state index in [0.717, 1.165) is 15.9 Å². The van der Waals surface area contributed by atoms with E-state index in [9.17, 15) is 12.6 Å². The van der Waals surface area contributed by atoms with Crippen LogP contribution in [0, 0.1) is 0 Å². The number of hydrogen-bond donors (Lipinski definition) is 1. The highest BCUT2D eigenvalue weighted by Gasteiger charge is 2.44. The lowest BCUT2D eigenvalue weighted by Crippen LogP contribution is -2.33. The van der Waals surface area contributed by atoms with Crippen LogP contribution in [0.15, 0.2) is 91.0 Å². The summed E-state index contributed by atoms with van der Waals surface area (Å²) in [6.07, 6.45) is -5.00. The summed E-state index contributed by atoms with van der Waals surface area (Å²) in [7, 11) is -2.90. The molecule has 0 atom stereocenters. The van der Waals surface area contributed by atoms with Crippen LogP contribution in [0.3, 0.4) is 0 Å². The number of benzene rings is 3. The van der Waals surface area contributed by atoms with Gasteiger partial charge in [0.25, 0.3) is 0 Å². The molecule has 0 aromatic heterocycles. The van der Waals surface area contributed by atoms with E-state index in [4.69, 9.17) is 2.74 Å². The topological polar surface area (TPSA) is 37.3 Å². The third kappa shape index (κ3) is 4.03. The van der Waals surface area contributed by atoms with Crippen LogP contribution in [0.1, 0.15) is 24.7 Å². The Hall–Kier alpha value is -2.44. The minimum Gasteiger partial charge on any atom is -0.481 e. The van der Waals surface area contributed by atoms with Crippen molar-refractivity contribution in [1.29, 1.82) is 0 Å². The van der Waals surface area contributed by atoms with Gasteiger partial charge in [0, 0.05) is 9.11 Å². The Balaban J connectivity index is 2.27. The summed E-state index contributed by atoms with van der Waals surface area (Å²) in [6.45, 7) is 0. The van der Waals surface area contributed by atoms with Gasteiger partial charge in [-0.05, 0) is 49.2 Å². The fraction of sp³-hybridized carbons (Fsp3) is 0.174. The SMILES string of the molecule is [2H]C([2H])(CCC([2H])([2H])[P+](c1ccccc1)(c1ccccc1)c1ccccc1)C(=O)O. The van der Waals surface area contributed by atoms with Crippen molar-refractivity contribution in [3.63, 3.8) is 0 Å². The Kier molecular flexibility index (Phi) is 4.63. The van der Waals surface area contributed by atoms with Crippen molar-refractivity contribution in [3.8, 4) is 0 Å². The second-order valence-electron chi connectivity index (χ2n) is 5.82. The van der Waals surface area contributed by atoms with Crippen LogP contribution in [0.25, 0.3) is 0 Å². The summed E-state index contributed by atoms with van der Waals surface area (Å²) in [6, 6.07) is 28.4. The van der Waals surface area contributed by atoms with Gasteiger partial charge in [0.05, 0.1) is 8.86 Å². The molecule has 0 aliphatic heterocycles. The van der Waals surface area contributed by atoms with E-state index in [2.05, 4.69) is 0 Å². The van der Waals surface area contributed by atoms with Gasteiger partial charge in [-0.1, -0.05) is 54.6 Å². The molecule has 0 bridgehead atoms. The molecular formula is C23H24O2P+. The van der Waals surface area contributed by atoms with E-state index in [1.165, 1.54) is 0 Å². The highest BCUT2D eigenvalue weighted by molar-refractivity contribution is 7.95. The van der Waals surface area contributed by atoms with Crippen molar-refractivity contribution in [1.82, 2.24) is 0 Å². The smallest absolute Gasteiger partial charge is 0.303 e. The van der Waals surface area contributed by atoms with Gasteiger partial charge in [0.15, 0.2) is 0 Å². The number of carboxylic acid groups (broad SMARTS) is 1.